The number of likely N-dealkylation sites (N-methyl/N-ethyl adjacent to an activating group) is 1. The first-order chi connectivity index (χ1) is 16.4. The van der Waals surface area contributed by atoms with Crippen LogP contribution in [0.2, 0.25) is 0 Å². The number of anilines is 1. The van der Waals surface area contributed by atoms with Gasteiger partial charge in [0.05, 0.1) is 0 Å². The van der Waals surface area contributed by atoms with Crippen LogP contribution in [0.15, 0.2) is 59.6 Å². The monoisotopic (exact) mass is 460 g/mol. The summed E-state index contributed by atoms with van der Waals surface area (Å²) in [6, 6.07) is 16.3. The number of carbonyl (C=O) groups excluding carboxylic acids is 1. The Kier molecular flexibility index (Phi) is 7.65. The Morgan fingerprint density at radius 3 is 2.35 bits per heavy atom. The van der Waals surface area contributed by atoms with Crippen molar-refractivity contribution in [2.45, 2.75) is 13.2 Å². The number of nitrogens with zero attached hydrogens (tertiary/aromatic N) is 5. The van der Waals surface area contributed by atoms with Crippen LogP contribution in [0.3, 0.4) is 0 Å². The van der Waals surface area contributed by atoms with Gasteiger partial charge in [0, 0.05) is 69.5 Å². The summed E-state index contributed by atoms with van der Waals surface area (Å²) in [4.78, 5) is 26.3. The third-order valence-electron chi connectivity index (χ3n) is 6.50. The fraction of sp³-hybridized carbons (Fsp3) is 0.407. The third-order valence-corrected chi connectivity index (χ3v) is 6.50. The highest BCUT2D eigenvalue weighted by atomic mass is 16.2. The number of piperazine rings is 1. The molecule has 7 nitrogen and oxygen atoms in total. The molecule has 34 heavy (non-hydrogen) atoms. The highest BCUT2D eigenvalue weighted by molar-refractivity contribution is 5.94. The Labute approximate surface area is 203 Å². The summed E-state index contributed by atoms with van der Waals surface area (Å²) in [6.45, 7) is 7.61. The minimum atomic E-state index is -0.210. The molecule has 0 spiro atoms. The molecule has 0 bridgehead atoms. The number of benzene rings is 2. The number of aryl methyl sites for hydroxylation is 1. The van der Waals surface area contributed by atoms with Gasteiger partial charge in [-0.3, -0.25) is 9.69 Å². The molecule has 1 amide bonds. The fourth-order valence-corrected chi connectivity index (χ4v) is 4.26. The summed E-state index contributed by atoms with van der Waals surface area (Å²) < 4.78 is 0. The molecule has 1 unspecified atom stereocenters. The van der Waals surface area contributed by atoms with E-state index in [0.717, 1.165) is 61.8 Å². The lowest BCUT2D eigenvalue weighted by Gasteiger charge is -2.35. The number of nitrogens with one attached hydrogen (secondary N) is 1. The van der Waals surface area contributed by atoms with Crippen LogP contribution >= 0.6 is 0 Å². The lowest BCUT2D eigenvalue weighted by molar-refractivity contribution is 0.0630. The zero-order valence-electron chi connectivity index (χ0n) is 20.7. The molecule has 1 N–H and O–H groups in total. The molecule has 0 radical (unpaired) electrons. The van der Waals surface area contributed by atoms with Crippen LogP contribution in [-0.2, 0) is 0 Å². The summed E-state index contributed by atoms with van der Waals surface area (Å²) in [7, 11) is 6.23. The SMILES string of the molecule is Cc1ccc(C2=CC=NC(Nc3ccc(C(=O)N4CCN(CCN(C)C)CC4)cc3)N2C)cc1. The van der Waals surface area contributed by atoms with Crippen molar-refractivity contribution in [1.29, 1.82) is 0 Å². The number of allylic oxidation sites excluding steroid dienone is 1. The fourth-order valence-electron chi connectivity index (χ4n) is 4.26. The number of hydrogen-bond donors (Lipinski definition) is 1. The van der Waals surface area contributed by atoms with Gasteiger partial charge in [0.15, 0.2) is 6.29 Å². The number of aliphatic imine (C=N–C) groups is 1. The second kappa shape index (κ2) is 10.8. The van der Waals surface area contributed by atoms with Crippen LogP contribution in [0.25, 0.3) is 5.70 Å². The molecule has 0 aliphatic carbocycles. The van der Waals surface area contributed by atoms with Crippen molar-refractivity contribution in [2.75, 3.05) is 65.7 Å². The van der Waals surface area contributed by atoms with E-state index in [4.69, 9.17) is 0 Å². The van der Waals surface area contributed by atoms with E-state index in [2.05, 4.69) is 70.3 Å². The summed E-state index contributed by atoms with van der Waals surface area (Å²) in [6.07, 6.45) is 3.67. The molecule has 0 saturated carbocycles. The van der Waals surface area contributed by atoms with Crippen LogP contribution in [0.4, 0.5) is 5.69 Å². The van der Waals surface area contributed by atoms with Crippen LogP contribution in [0.1, 0.15) is 21.5 Å². The maximum Gasteiger partial charge on any atom is 0.253 e. The lowest BCUT2D eigenvalue weighted by atomic mass is 10.1. The van der Waals surface area contributed by atoms with Crippen LogP contribution in [0.5, 0.6) is 0 Å². The molecule has 2 aromatic rings. The van der Waals surface area contributed by atoms with E-state index in [0.29, 0.717) is 0 Å². The maximum absolute atomic E-state index is 13.0. The average Bonchev–Trinajstić information content (AvgIpc) is 2.85. The lowest BCUT2D eigenvalue weighted by Crippen LogP contribution is -2.49. The van der Waals surface area contributed by atoms with E-state index in [9.17, 15) is 4.79 Å². The quantitative estimate of drug-likeness (QED) is 0.688. The smallest absolute Gasteiger partial charge is 0.253 e. The Morgan fingerprint density at radius 2 is 1.71 bits per heavy atom. The van der Waals surface area contributed by atoms with Crippen molar-refractivity contribution in [3.63, 3.8) is 0 Å². The first-order valence-corrected chi connectivity index (χ1v) is 12.0. The van der Waals surface area contributed by atoms with Crippen molar-refractivity contribution in [1.82, 2.24) is 19.6 Å². The number of hydrogen-bond acceptors (Lipinski definition) is 6. The molecule has 4 rings (SSSR count). The number of amides is 1. The van der Waals surface area contributed by atoms with Gasteiger partial charge in [0.2, 0.25) is 0 Å². The second-order valence-corrected chi connectivity index (χ2v) is 9.36. The second-order valence-electron chi connectivity index (χ2n) is 9.36. The van der Waals surface area contributed by atoms with Gasteiger partial charge < -0.3 is 20.0 Å². The van der Waals surface area contributed by atoms with Crippen molar-refractivity contribution in [3.05, 3.63) is 71.3 Å². The van der Waals surface area contributed by atoms with Gasteiger partial charge >= 0.3 is 0 Å². The molecule has 2 aliphatic rings. The Morgan fingerprint density at radius 1 is 1.03 bits per heavy atom. The molecule has 2 aliphatic heterocycles. The van der Waals surface area contributed by atoms with E-state index >= 15 is 0 Å². The standard InChI is InChI=1S/C27H36N6O/c1-21-5-7-22(8-6-21)25-13-14-28-27(31(25)4)29-24-11-9-23(10-12-24)26(34)33-19-17-32(18-20-33)16-15-30(2)3/h5-14,27,29H,15-20H2,1-4H3. The van der Waals surface area contributed by atoms with Gasteiger partial charge in [-0.25, -0.2) is 4.99 Å². The maximum atomic E-state index is 13.0. The Hall–Kier alpha value is -3.16. The molecule has 1 atom stereocenters. The van der Waals surface area contributed by atoms with E-state index in [1.54, 1.807) is 0 Å². The first-order valence-electron chi connectivity index (χ1n) is 12.0. The Bertz CT molecular complexity index is 1020. The molecular formula is C27H36N6O. The highest BCUT2D eigenvalue weighted by Crippen LogP contribution is 2.24. The van der Waals surface area contributed by atoms with E-state index in [1.807, 2.05) is 48.5 Å². The molecule has 7 heteroatoms. The van der Waals surface area contributed by atoms with Crippen molar-refractivity contribution < 1.29 is 4.79 Å². The average molecular weight is 461 g/mol. The third kappa shape index (κ3) is 5.85. The van der Waals surface area contributed by atoms with Gasteiger partial charge in [0.1, 0.15) is 0 Å². The van der Waals surface area contributed by atoms with Crippen molar-refractivity contribution in [3.8, 4) is 0 Å². The Balaban J connectivity index is 1.32. The van der Waals surface area contributed by atoms with Crippen LogP contribution < -0.4 is 5.32 Å². The molecule has 2 heterocycles. The number of rotatable bonds is 7. The van der Waals surface area contributed by atoms with Gasteiger partial charge in [0.25, 0.3) is 5.91 Å². The normalized spacial score (nSPS) is 18.9. The van der Waals surface area contributed by atoms with Gasteiger partial charge in [-0.2, -0.15) is 0 Å². The summed E-state index contributed by atoms with van der Waals surface area (Å²) in [5.74, 6) is 0.108. The van der Waals surface area contributed by atoms with Gasteiger partial charge in [-0.05, 0) is 56.9 Å². The zero-order chi connectivity index (χ0) is 24.1. The largest absolute Gasteiger partial charge is 0.347 e. The van der Waals surface area contributed by atoms with Crippen LogP contribution in [-0.4, -0.2) is 98.4 Å². The first kappa shape index (κ1) is 24.0. The van der Waals surface area contributed by atoms with Gasteiger partial charge in [-0.15, -0.1) is 0 Å². The summed E-state index contributed by atoms with van der Waals surface area (Å²) in [5, 5.41) is 3.47. The minimum Gasteiger partial charge on any atom is -0.347 e. The predicted octanol–water partition coefficient (Wildman–Crippen LogP) is 3.07. The minimum absolute atomic E-state index is 0.108. The topological polar surface area (TPSA) is 54.4 Å². The highest BCUT2D eigenvalue weighted by Gasteiger charge is 2.23. The molecule has 1 fully saturated rings. The van der Waals surface area contributed by atoms with E-state index < -0.39 is 0 Å². The molecule has 1 saturated heterocycles. The molecule has 2 aromatic carbocycles. The predicted molar refractivity (Wildman–Crippen MR) is 140 cm³/mol. The van der Waals surface area contributed by atoms with Gasteiger partial charge in [-0.1, -0.05) is 29.8 Å². The van der Waals surface area contributed by atoms with E-state index in [-0.39, 0.29) is 12.2 Å². The van der Waals surface area contributed by atoms with Crippen molar-refractivity contribution in [2.24, 2.45) is 4.99 Å². The van der Waals surface area contributed by atoms with Crippen LogP contribution in [0, 0.1) is 6.92 Å². The molecule has 180 valence electrons. The zero-order valence-corrected chi connectivity index (χ0v) is 20.7. The summed E-state index contributed by atoms with van der Waals surface area (Å²) in [5.41, 5.74) is 5.18. The van der Waals surface area contributed by atoms with Crippen molar-refractivity contribution >= 4 is 23.5 Å². The number of carbonyl (C=O) groups is 1. The molecular weight excluding hydrogens is 424 g/mol. The van der Waals surface area contributed by atoms with E-state index in [1.165, 1.54) is 5.56 Å². The summed E-state index contributed by atoms with van der Waals surface area (Å²) >= 11 is 0. The molecule has 0 aromatic heterocycles.